The maximum absolute atomic E-state index is 13.6. The molecule has 0 saturated carbocycles. The van der Waals surface area contributed by atoms with Crippen molar-refractivity contribution < 1.29 is 9.18 Å². The first-order valence-corrected chi connectivity index (χ1v) is 9.28. The number of aliphatic imine (C=N–C) groups is 1. The normalized spacial score (nSPS) is 11.1. The Morgan fingerprint density at radius 1 is 1.04 bits per heavy atom. The Hall–Kier alpha value is -2.60. The molecule has 0 aliphatic rings. The van der Waals surface area contributed by atoms with E-state index in [1.54, 1.807) is 36.4 Å². The summed E-state index contributed by atoms with van der Waals surface area (Å²) in [5, 5.41) is 9.49. The number of hydrogen-bond acceptors (Lipinski definition) is 2. The summed E-state index contributed by atoms with van der Waals surface area (Å²) < 4.78 is 13.6. The molecule has 27 heavy (non-hydrogen) atoms. The van der Waals surface area contributed by atoms with Gasteiger partial charge in [0.1, 0.15) is 5.82 Å². The fourth-order valence-corrected chi connectivity index (χ4v) is 2.65. The van der Waals surface area contributed by atoms with Crippen LogP contribution in [0.2, 0.25) is 5.02 Å². The van der Waals surface area contributed by atoms with Crippen molar-refractivity contribution in [3.63, 3.8) is 0 Å². The van der Waals surface area contributed by atoms with Crippen molar-refractivity contribution in [3.05, 3.63) is 70.5 Å². The number of nitrogens with one attached hydrogen (secondary N) is 3. The van der Waals surface area contributed by atoms with E-state index >= 15 is 0 Å². The summed E-state index contributed by atoms with van der Waals surface area (Å²) in [4.78, 5) is 16.5. The standard InChI is InChI=1S/C20H24ClFN4O/c1-2-23-20(25-12-11-15-7-3-6-10-18(15)22)26-14-13-24-19(27)16-8-4-5-9-17(16)21/h3-10H,2,11-14H2,1H3,(H,24,27)(H2,23,25,26). The molecule has 2 rings (SSSR count). The number of nitrogens with zero attached hydrogens (tertiary/aromatic N) is 1. The lowest BCUT2D eigenvalue weighted by atomic mass is 10.1. The van der Waals surface area contributed by atoms with Gasteiger partial charge in [-0.2, -0.15) is 0 Å². The Bertz CT molecular complexity index is 782. The van der Waals surface area contributed by atoms with E-state index < -0.39 is 0 Å². The number of amides is 1. The van der Waals surface area contributed by atoms with Crippen LogP contribution in [0.4, 0.5) is 4.39 Å². The van der Waals surface area contributed by atoms with E-state index in [1.807, 2.05) is 13.0 Å². The van der Waals surface area contributed by atoms with Crippen LogP contribution in [0, 0.1) is 5.82 Å². The average Bonchev–Trinajstić information content (AvgIpc) is 2.67. The molecular weight excluding hydrogens is 367 g/mol. The van der Waals surface area contributed by atoms with E-state index in [2.05, 4.69) is 20.9 Å². The van der Waals surface area contributed by atoms with Crippen LogP contribution < -0.4 is 16.0 Å². The lowest BCUT2D eigenvalue weighted by Gasteiger charge is -2.12. The number of guanidine groups is 1. The van der Waals surface area contributed by atoms with Crippen molar-refractivity contribution in [2.24, 2.45) is 4.99 Å². The Kier molecular flexibility index (Phi) is 8.58. The molecule has 0 heterocycles. The van der Waals surface area contributed by atoms with E-state index in [1.165, 1.54) is 6.07 Å². The first kappa shape index (κ1) is 20.7. The SMILES string of the molecule is CCNC(=NCCc1ccccc1F)NCCNC(=O)c1ccccc1Cl. The molecule has 0 atom stereocenters. The molecule has 1 amide bonds. The number of benzene rings is 2. The Balaban J connectivity index is 1.77. The molecule has 0 saturated heterocycles. The highest BCUT2D eigenvalue weighted by molar-refractivity contribution is 6.33. The zero-order chi connectivity index (χ0) is 19.5. The highest BCUT2D eigenvalue weighted by Gasteiger charge is 2.08. The predicted octanol–water partition coefficient (Wildman–Crippen LogP) is 3.01. The first-order valence-electron chi connectivity index (χ1n) is 8.90. The monoisotopic (exact) mass is 390 g/mol. The van der Waals surface area contributed by atoms with Crippen LogP contribution in [-0.4, -0.2) is 38.0 Å². The van der Waals surface area contributed by atoms with E-state index in [-0.39, 0.29) is 11.7 Å². The van der Waals surface area contributed by atoms with E-state index in [0.717, 1.165) is 0 Å². The van der Waals surface area contributed by atoms with Gasteiger partial charge in [-0.1, -0.05) is 41.9 Å². The number of rotatable bonds is 8. The molecule has 5 nitrogen and oxygen atoms in total. The lowest BCUT2D eigenvalue weighted by molar-refractivity contribution is 0.0954. The van der Waals surface area contributed by atoms with E-state index in [0.29, 0.717) is 54.7 Å². The van der Waals surface area contributed by atoms with Crippen molar-refractivity contribution in [2.75, 3.05) is 26.2 Å². The van der Waals surface area contributed by atoms with Gasteiger partial charge in [0.2, 0.25) is 0 Å². The highest BCUT2D eigenvalue weighted by atomic mass is 35.5. The summed E-state index contributed by atoms with van der Waals surface area (Å²) in [6.07, 6.45) is 0.520. The molecule has 144 valence electrons. The molecule has 0 fully saturated rings. The lowest BCUT2D eigenvalue weighted by Crippen LogP contribution is -2.41. The van der Waals surface area contributed by atoms with Gasteiger partial charge in [-0.05, 0) is 37.1 Å². The molecule has 0 aromatic heterocycles. The van der Waals surface area contributed by atoms with Gasteiger partial charge in [-0.3, -0.25) is 9.79 Å². The molecule has 3 N–H and O–H groups in total. The van der Waals surface area contributed by atoms with Gasteiger partial charge in [-0.25, -0.2) is 4.39 Å². The largest absolute Gasteiger partial charge is 0.357 e. The molecule has 0 spiro atoms. The maximum atomic E-state index is 13.6. The molecule has 0 aliphatic heterocycles. The second-order valence-corrected chi connectivity index (χ2v) is 6.17. The molecular formula is C20H24ClFN4O. The summed E-state index contributed by atoms with van der Waals surface area (Å²) >= 11 is 6.01. The molecule has 0 aliphatic carbocycles. The Morgan fingerprint density at radius 3 is 2.48 bits per heavy atom. The summed E-state index contributed by atoms with van der Waals surface area (Å²) in [5.74, 6) is 0.192. The van der Waals surface area contributed by atoms with Crippen molar-refractivity contribution in [2.45, 2.75) is 13.3 Å². The van der Waals surface area contributed by atoms with Crippen LogP contribution in [0.15, 0.2) is 53.5 Å². The van der Waals surface area contributed by atoms with Crippen LogP contribution in [0.5, 0.6) is 0 Å². The zero-order valence-corrected chi connectivity index (χ0v) is 16.0. The summed E-state index contributed by atoms with van der Waals surface area (Å²) in [6.45, 7) is 4.05. The fraction of sp³-hybridized carbons (Fsp3) is 0.300. The Labute approximate surface area is 164 Å². The van der Waals surface area contributed by atoms with Crippen molar-refractivity contribution in [1.29, 1.82) is 0 Å². The van der Waals surface area contributed by atoms with Gasteiger partial charge in [-0.15, -0.1) is 0 Å². The van der Waals surface area contributed by atoms with Gasteiger partial charge in [0.15, 0.2) is 5.96 Å². The molecule has 0 unspecified atom stereocenters. The van der Waals surface area contributed by atoms with Crippen LogP contribution >= 0.6 is 11.6 Å². The van der Waals surface area contributed by atoms with Crippen LogP contribution in [-0.2, 0) is 6.42 Å². The molecule has 0 radical (unpaired) electrons. The van der Waals surface area contributed by atoms with E-state index in [4.69, 9.17) is 11.6 Å². The average molecular weight is 391 g/mol. The van der Waals surface area contributed by atoms with Crippen molar-refractivity contribution in [3.8, 4) is 0 Å². The number of hydrogen-bond donors (Lipinski definition) is 3. The maximum Gasteiger partial charge on any atom is 0.252 e. The molecule has 7 heteroatoms. The smallest absolute Gasteiger partial charge is 0.252 e. The third-order valence-electron chi connectivity index (χ3n) is 3.77. The second-order valence-electron chi connectivity index (χ2n) is 5.76. The number of carbonyl (C=O) groups is 1. The van der Waals surface area contributed by atoms with Crippen molar-refractivity contribution in [1.82, 2.24) is 16.0 Å². The van der Waals surface area contributed by atoms with E-state index in [9.17, 15) is 9.18 Å². The summed E-state index contributed by atoms with van der Waals surface area (Å²) in [6, 6.07) is 13.6. The van der Waals surface area contributed by atoms with Crippen LogP contribution in [0.25, 0.3) is 0 Å². The highest BCUT2D eigenvalue weighted by Crippen LogP contribution is 2.14. The van der Waals surface area contributed by atoms with Gasteiger partial charge in [0.25, 0.3) is 5.91 Å². The zero-order valence-electron chi connectivity index (χ0n) is 15.3. The predicted molar refractivity (Wildman–Crippen MR) is 108 cm³/mol. The van der Waals surface area contributed by atoms with Crippen LogP contribution in [0.3, 0.4) is 0 Å². The quantitative estimate of drug-likeness (QED) is 0.369. The van der Waals surface area contributed by atoms with Gasteiger partial charge in [0, 0.05) is 26.2 Å². The molecule has 2 aromatic carbocycles. The van der Waals surface area contributed by atoms with Crippen molar-refractivity contribution >= 4 is 23.5 Å². The molecule has 0 bridgehead atoms. The summed E-state index contributed by atoms with van der Waals surface area (Å²) in [5.41, 5.74) is 1.09. The van der Waals surface area contributed by atoms with Gasteiger partial charge >= 0.3 is 0 Å². The first-order chi connectivity index (χ1) is 13.1. The summed E-state index contributed by atoms with van der Waals surface area (Å²) in [7, 11) is 0. The molecule has 2 aromatic rings. The fourth-order valence-electron chi connectivity index (χ4n) is 2.43. The van der Waals surface area contributed by atoms with Gasteiger partial charge in [0.05, 0.1) is 10.6 Å². The minimum Gasteiger partial charge on any atom is -0.357 e. The number of halogens is 2. The Morgan fingerprint density at radius 2 is 1.74 bits per heavy atom. The van der Waals surface area contributed by atoms with Crippen LogP contribution in [0.1, 0.15) is 22.8 Å². The van der Waals surface area contributed by atoms with Gasteiger partial charge < -0.3 is 16.0 Å². The second kappa shape index (κ2) is 11.2. The third-order valence-corrected chi connectivity index (χ3v) is 4.10. The minimum atomic E-state index is -0.219. The number of carbonyl (C=O) groups excluding carboxylic acids is 1. The topological polar surface area (TPSA) is 65.5 Å². The third kappa shape index (κ3) is 6.90. The minimum absolute atomic E-state index is 0.215.